The van der Waals surface area contributed by atoms with Gasteiger partial charge in [0.05, 0.1) is 25.6 Å². The Morgan fingerprint density at radius 1 is 1.04 bits per heavy atom. The van der Waals surface area contributed by atoms with E-state index in [1.165, 1.54) is 0 Å². The molecule has 3 saturated heterocycles. The SMILES string of the molecule is CNC(CC1=CCC(OP(C)(C)=O)C=C1)C(=O)NC1C(=O)N2C(CCC2C(=O)NC(CCC(=O)[N+]2(C)CC2)C(=O)NCc2ccccc2)CC(C)C1C(C)C. The summed E-state index contributed by atoms with van der Waals surface area (Å²) in [6, 6.07) is 6.03. The van der Waals surface area contributed by atoms with Crippen LogP contribution in [-0.4, -0.2) is 116 Å². The summed E-state index contributed by atoms with van der Waals surface area (Å²) in [5, 5.41) is 12.1. The molecule has 13 nitrogen and oxygen atoms in total. The molecule has 0 spiro atoms. The number of hydrogen-bond acceptors (Lipinski definition) is 8. The molecular weight excluding hydrogens is 719 g/mol. The van der Waals surface area contributed by atoms with Crippen molar-refractivity contribution in [3.63, 3.8) is 0 Å². The Balaban J connectivity index is 1.30. The normalized spacial score (nSPS) is 27.0. The van der Waals surface area contributed by atoms with Gasteiger partial charge in [0.25, 0.3) is 0 Å². The summed E-state index contributed by atoms with van der Waals surface area (Å²) >= 11 is 0. The van der Waals surface area contributed by atoms with Crippen molar-refractivity contribution in [3.05, 3.63) is 59.7 Å². The lowest BCUT2D eigenvalue weighted by atomic mass is 9.77. The molecule has 302 valence electrons. The average Bonchev–Trinajstić information content (AvgIpc) is 3.78. The molecule has 0 bridgehead atoms. The molecule has 3 fully saturated rings. The van der Waals surface area contributed by atoms with Gasteiger partial charge in [-0.05, 0) is 68.9 Å². The van der Waals surface area contributed by atoms with E-state index in [9.17, 15) is 28.5 Å². The Labute approximate surface area is 326 Å². The lowest BCUT2D eigenvalue weighted by Gasteiger charge is -2.35. The predicted octanol–water partition coefficient (Wildman–Crippen LogP) is 3.50. The molecule has 4 N–H and O–H groups in total. The minimum Gasteiger partial charge on any atom is -0.350 e. The van der Waals surface area contributed by atoms with Gasteiger partial charge in [-0.2, -0.15) is 0 Å². The Kier molecular flexibility index (Phi) is 14.0. The molecular formula is C41H62N6O7P+. The van der Waals surface area contributed by atoms with Crippen LogP contribution in [0.3, 0.4) is 0 Å². The molecule has 1 aromatic rings. The fourth-order valence-electron chi connectivity index (χ4n) is 8.54. The van der Waals surface area contributed by atoms with Crippen molar-refractivity contribution in [2.45, 2.75) is 109 Å². The third-order valence-electron chi connectivity index (χ3n) is 11.8. The largest absolute Gasteiger partial charge is 0.350 e. The van der Waals surface area contributed by atoms with Crippen LogP contribution in [0.15, 0.2) is 54.1 Å². The van der Waals surface area contributed by atoms with E-state index < -0.39 is 37.4 Å². The fraction of sp³-hybridized carbons (Fsp3) is 0.634. The van der Waals surface area contributed by atoms with Gasteiger partial charge in [0.1, 0.15) is 31.2 Å². The second kappa shape index (κ2) is 18.1. The Hall–Kier alpha value is -3.64. The van der Waals surface area contributed by atoms with Crippen LogP contribution in [0.4, 0.5) is 0 Å². The van der Waals surface area contributed by atoms with E-state index >= 15 is 0 Å². The van der Waals surface area contributed by atoms with Crippen molar-refractivity contribution in [1.29, 1.82) is 0 Å². The number of carbonyl (C=O) groups excluding carboxylic acids is 5. The summed E-state index contributed by atoms with van der Waals surface area (Å²) < 4.78 is 18.1. The van der Waals surface area contributed by atoms with Gasteiger partial charge in [-0.25, -0.2) is 4.79 Å². The summed E-state index contributed by atoms with van der Waals surface area (Å²) in [6.45, 7) is 11.2. The lowest BCUT2D eigenvalue weighted by molar-refractivity contribution is -0.695. The Morgan fingerprint density at radius 2 is 1.75 bits per heavy atom. The number of quaternary nitrogens is 1. The van der Waals surface area contributed by atoms with Crippen molar-refractivity contribution >= 4 is 36.9 Å². The molecule has 8 unspecified atom stereocenters. The second-order valence-electron chi connectivity index (χ2n) is 16.9. The zero-order valence-corrected chi connectivity index (χ0v) is 34.5. The van der Waals surface area contributed by atoms with Crippen LogP contribution >= 0.6 is 7.37 Å². The van der Waals surface area contributed by atoms with Crippen molar-refractivity contribution in [2.75, 3.05) is 40.5 Å². The van der Waals surface area contributed by atoms with Gasteiger partial charge in [0.15, 0.2) is 7.37 Å². The van der Waals surface area contributed by atoms with Crippen LogP contribution in [0.2, 0.25) is 0 Å². The number of rotatable bonds is 16. The number of allylic oxidation sites excluding steroid dienone is 1. The fourth-order valence-corrected chi connectivity index (χ4v) is 9.35. The van der Waals surface area contributed by atoms with Crippen molar-refractivity contribution in [2.24, 2.45) is 17.8 Å². The number of nitrogens with one attached hydrogen (secondary N) is 4. The molecule has 8 atom stereocenters. The molecule has 0 saturated carbocycles. The lowest BCUT2D eigenvalue weighted by Crippen LogP contribution is -2.60. The van der Waals surface area contributed by atoms with Crippen LogP contribution in [-0.2, 0) is 39.6 Å². The van der Waals surface area contributed by atoms with E-state index in [-0.39, 0.29) is 72.9 Å². The number of benzene rings is 1. The van der Waals surface area contributed by atoms with Gasteiger partial charge in [0.2, 0.25) is 23.6 Å². The molecule has 4 aliphatic rings. The van der Waals surface area contributed by atoms with E-state index in [1.54, 1.807) is 25.3 Å². The summed E-state index contributed by atoms with van der Waals surface area (Å²) in [5.41, 5.74) is 1.84. The summed E-state index contributed by atoms with van der Waals surface area (Å²) in [7, 11) is 0.936. The first kappa shape index (κ1) is 42.5. The molecule has 3 aliphatic heterocycles. The highest BCUT2D eigenvalue weighted by Gasteiger charge is 2.51. The third-order valence-corrected chi connectivity index (χ3v) is 12.6. The number of nitrogens with zero attached hydrogens (tertiary/aromatic N) is 2. The molecule has 0 aromatic heterocycles. The number of carbonyl (C=O) groups is 5. The smallest absolute Gasteiger partial charge is 0.313 e. The van der Waals surface area contributed by atoms with Crippen LogP contribution in [0.25, 0.3) is 0 Å². The van der Waals surface area contributed by atoms with E-state index in [0.29, 0.717) is 36.6 Å². The van der Waals surface area contributed by atoms with Crippen LogP contribution < -0.4 is 21.3 Å². The van der Waals surface area contributed by atoms with Gasteiger partial charge >= 0.3 is 5.91 Å². The second-order valence-corrected chi connectivity index (χ2v) is 19.6. The number of likely N-dealkylation sites (N-methyl/N-ethyl adjacent to an activating group) is 2. The maximum absolute atomic E-state index is 14.7. The molecule has 3 heterocycles. The highest BCUT2D eigenvalue weighted by molar-refractivity contribution is 7.57. The molecule has 1 aliphatic carbocycles. The Bertz CT molecular complexity index is 1690. The van der Waals surface area contributed by atoms with E-state index in [4.69, 9.17) is 4.52 Å². The standard InChI is InChI=1S/C41H61N6O7P/c1-26(2)36-27(3)23-30-15-19-34(40(51)44-32(18-20-35(48)47(5)21-22-47)38(49)43-25-29-11-9-8-10-12-29)46(30)41(52)37(36)45-39(50)33(42-4)24-28-13-16-31(17-14-28)54-55(6,7)53/h8-14,16,26-27,30-34,36-37,42H,15,17-25H2,1-7H3,(H2-,43,44,45,49,50,51)/p+1. The van der Waals surface area contributed by atoms with E-state index in [0.717, 1.165) is 24.2 Å². The highest BCUT2D eigenvalue weighted by atomic mass is 31.2. The van der Waals surface area contributed by atoms with Crippen molar-refractivity contribution < 1.29 is 37.5 Å². The number of hydrogen-bond donors (Lipinski definition) is 4. The first-order chi connectivity index (χ1) is 26.0. The molecule has 5 rings (SSSR count). The monoisotopic (exact) mass is 781 g/mol. The quantitative estimate of drug-likeness (QED) is 0.113. The molecule has 55 heavy (non-hydrogen) atoms. The van der Waals surface area contributed by atoms with E-state index in [1.807, 2.05) is 55.6 Å². The average molecular weight is 782 g/mol. The first-order valence-corrected chi connectivity index (χ1v) is 22.4. The van der Waals surface area contributed by atoms with Gasteiger partial charge in [-0.15, -0.1) is 0 Å². The Morgan fingerprint density at radius 3 is 2.35 bits per heavy atom. The zero-order chi connectivity index (χ0) is 40.1. The van der Waals surface area contributed by atoms with Gasteiger partial charge in [0, 0.05) is 25.9 Å². The van der Waals surface area contributed by atoms with Crippen molar-refractivity contribution in [1.82, 2.24) is 26.2 Å². The molecule has 0 radical (unpaired) electrons. The topological polar surface area (TPSA) is 163 Å². The van der Waals surface area contributed by atoms with Crippen LogP contribution in [0.5, 0.6) is 0 Å². The first-order valence-electron chi connectivity index (χ1n) is 19.9. The minimum absolute atomic E-state index is 0.0319. The predicted molar refractivity (Wildman–Crippen MR) is 212 cm³/mol. The van der Waals surface area contributed by atoms with E-state index in [2.05, 4.69) is 42.0 Å². The molecule has 14 heteroatoms. The number of fused-ring (bicyclic) bond motifs is 1. The maximum atomic E-state index is 14.7. The minimum atomic E-state index is -2.66. The highest BCUT2D eigenvalue weighted by Crippen LogP contribution is 2.41. The summed E-state index contributed by atoms with van der Waals surface area (Å²) in [5.74, 6) is -1.38. The molecule has 5 amide bonds. The summed E-state index contributed by atoms with van der Waals surface area (Å²) in [4.78, 5) is 71.1. The summed E-state index contributed by atoms with van der Waals surface area (Å²) in [6.07, 6.45) is 8.45. The van der Waals surface area contributed by atoms with Gasteiger partial charge in [-0.3, -0.25) is 28.2 Å². The third kappa shape index (κ3) is 11.0. The van der Waals surface area contributed by atoms with Crippen LogP contribution in [0.1, 0.15) is 71.3 Å². The van der Waals surface area contributed by atoms with Gasteiger partial charge < -0.3 is 30.7 Å². The van der Waals surface area contributed by atoms with Crippen LogP contribution in [0, 0.1) is 17.8 Å². The number of amides is 5. The van der Waals surface area contributed by atoms with Gasteiger partial charge in [-0.1, -0.05) is 74.9 Å². The zero-order valence-electron chi connectivity index (χ0n) is 33.6. The maximum Gasteiger partial charge on any atom is 0.313 e. The molecule has 1 aromatic carbocycles. The van der Waals surface area contributed by atoms with Crippen molar-refractivity contribution in [3.8, 4) is 0 Å².